The Morgan fingerprint density at radius 3 is 2.75 bits per heavy atom. The second kappa shape index (κ2) is 6.47. The lowest BCUT2D eigenvalue weighted by Gasteiger charge is -2.08. The third-order valence-corrected chi connectivity index (χ3v) is 4.51. The number of H-pyrrole nitrogens is 1. The first kappa shape index (κ1) is 16.8. The van der Waals surface area contributed by atoms with Crippen LogP contribution in [0.15, 0.2) is 39.9 Å². The predicted molar refractivity (Wildman–Crippen MR) is 96.7 cm³/mol. The molecule has 1 aliphatic rings. The maximum absolute atomic E-state index is 12.9. The molecular weight excluding hydrogens is 351 g/mol. The molecule has 0 unspecified atom stereocenters. The highest BCUT2D eigenvalue weighted by Gasteiger charge is 2.19. The largest absolute Gasteiger partial charge is 0.311 e. The highest BCUT2D eigenvalue weighted by atomic mass is 35.5. The van der Waals surface area contributed by atoms with Gasteiger partial charge in [-0.3, -0.25) is 14.7 Å². The average Bonchev–Trinajstić information content (AvgIpc) is 2.73. The van der Waals surface area contributed by atoms with E-state index in [0.29, 0.717) is 34.7 Å². The zero-order valence-corrected chi connectivity index (χ0v) is 14.3. The standard InChI is InChI=1S/C16H15ClN4O2.ClH/c17-10-4-1-2-5-12(10)21-16(23)15-11(19-21)8-14(22)20-7-3-6-18-9-13(15)20;/h1-2,4-5,8,18-19H,3,6-7,9H2;1H. The number of pyridine rings is 1. The Hall–Kier alpha value is -2.02. The second-order valence-corrected chi connectivity index (χ2v) is 6.01. The van der Waals surface area contributed by atoms with E-state index in [9.17, 15) is 9.59 Å². The molecule has 4 rings (SSSR count). The van der Waals surface area contributed by atoms with Crippen LogP contribution in [0.3, 0.4) is 0 Å². The van der Waals surface area contributed by atoms with Gasteiger partial charge in [0.05, 0.1) is 21.6 Å². The fourth-order valence-electron chi connectivity index (χ4n) is 3.11. The van der Waals surface area contributed by atoms with Gasteiger partial charge in [-0.2, -0.15) is 0 Å². The van der Waals surface area contributed by atoms with Gasteiger partial charge in [-0.15, -0.1) is 12.4 Å². The lowest BCUT2D eigenvalue weighted by atomic mass is 10.2. The van der Waals surface area contributed by atoms with Gasteiger partial charge in [-0.05, 0) is 25.1 Å². The summed E-state index contributed by atoms with van der Waals surface area (Å²) in [6, 6.07) is 8.60. The van der Waals surface area contributed by atoms with Gasteiger partial charge in [-0.25, -0.2) is 4.68 Å². The number of fused-ring (bicyclic) bond motifs is 3. The molecule has 0 fully saturated rings. The van der Waals surface area contributed by atoms with Gasteiger partial charge >= 0.3 is 0 Å². The summed E-state index contributed by atoms with van der Waals surface area (Å²) in [5, 5.41) is 7.29. The Bertz CT molecular complexity index is 1020. The number of para-hydroxylation sites is 1. The van der Waals surface area contributed by atoms with Crippen LogP contribution in [0.2, 0.25) is 5.02 Å². The number of aromatic nitrogens is 3. The Labute approximate surface area is 148 Å². The van der Waals surface area contributed by atoms with Gasteiger partial charge in [0.1, 0.15) is 0 Å². The van der Waals surface area contributed by atoms with E-state index < -0.39 is 0 Å². The molecule has 0 saturated carbocycles. The van der Waals surface area contributed by atoms with Gasteiger partial charge in [0.25, 0.3) is 11.1 Å². The van der Waals surface area contributed by atoms with Crippen molar-refractivity contribution in [2.24, 2.45) is 0 Å². The number of halogens is 2. The molecule has 6 nitrogen and oxygen atoms in total. The third kappa shape index (κ3) is 2.56. The van der Waals surface area contributed by atoms with Crippen LogP contribution in [0.25, 0.3) is 16.6 Å². The summed E-state index contributed by atoms with van der Waals surface area (Å²) < 4.78 is 3.09. The fraction of sp³-hybridized carbons (Fsp3) is 0.250. The lowest BCUT2D eigenvalue weighted by molar-refractivity contribution is 0.631. The molecule has 0 aliphatic carbocycles. The van der Waals surface area contributed by atoms with Gasteiger partial charge in [-0.1, -0.05) is 23.7 Å². The molecule has 3 heterocycles. The van der Waals surface area contributed by atoms with E-state index in [1.165, 1.54) is 10.7 Å². The number of aromatic amines is 1. The Morgan fingerprint density at radius 2 is 1.96 bits per heavy atom. The number of benzene rings is 1. The second-order valence-electron chi connectivity index (χ2n) is 5.60. The molecule has 8 heteroatoms. The maximum atomic E-state index is 12.9. The van der Waals surface area contributed by atoms with Crippen molar-refractivity contribution in [3.63, 3.8) is 0 Å². The van der Waals surface area contributed by atoms with E-state index in [1.54, 1.807) is 22.8 Å². The molecule has 0 radical (unpaired) electrons. The first-order valence-electron chi connectivity index (χ1n) is 7.50. The van der Waals surface area contributed by atoms with Gasteiger partial charge in [0.2, 0.25) is 0 Å². The Kier molecular flexibility index (Phi) is 4.54. The van der Waals surface area contributed by atoms with Crippen LogP contribution in [0.4, 0.5) is 0 Å². The van der Waals surface area contributed by atoms with Crippen LogP contribution in [0.5, 0.6) is 0 Å². The van der Waals surface area contributed by atoms with Crippen molar-refractivity contribution in [3.05, 3.63) is 61.8 Å². The zero-order valence-electron chi connectivity index (χ0n) is 12.7. The van der Waals surface area contributed by atoms with E-state index >= 15 is 0 Å². The van der Waals surface area contributed by atoms with Crippen molar-refractivity contribution >= 4 is 34.9 Å². The summed E-state index contributed by atoms with van der Waals surface area (Å²) in [7, 11) is 0. The van der Waals surface area contributed by atoms with Gasteiger partial charge in [0.15, 0.2) is 0 Å². The van der Waals surface area contributed by atoms with E-state index in [4.69, 9.17) is 11.6 Å². The van der Waals surface area contributed by atoms with E-state index in [1.807, 2.05) is 6.07 Å². The first-order chi connectivity index (χ1) is 11.2. The molecule has 0 saturated heterocycles. The molecule has 1 aromatic carbocycles. The fourth-order valence-corrected chi connectivity index (χ4v) is 3.33. The molecule has 126 valence electrons. The summed E-state index contributed by atoms with van der Waals surface area (Å²) in [5.74, 6) is 0. The van der Waals surface area contributed by atoms with Crippen molar-refractivity contribution in [2.45, 2.75) is 19.5 Å². The molecule has 2 N–H and O–H groups in total. The van der Waals surface area contributed by atoms with Gasteiger partial charge < -0.3 is 9.88 Å². The van der Waals surface area contributed by atoms with E-state index in [2.05, 4.69) is 10.4 Å². The summed E-state index contributed by atoms with van der Waals surface area (Å²) in [5.41, 5.74) is 1.55. The summed E-state index contributed by atoms with van der Waals surface area (Å²) in [6.45, 7) is 1.95. The lowest BCUT2D eigenvalue weighted by Crippen LogP contribution is -2.25. The predicted octanol–water partition coefficient (Wildman–Crippen LogP) is 2.05. The van der Waals surface area contributed by atoms with Gasteiger partial charge in [0, 0.05) is 24.8 Å². The van der Waals surface area contributed by atoms with Crippen molar-refractivity contribution in [2.75, 3.05) is 6.54 Å². The first-order valence-corrected chi connectivity index (χ1v) is 7.87. The van der Waals surface area contributed by atoms with Crippen LogP contribution < -0.4 is 16.4 Å². The molecule has 0 amide bonds. The minimum absolute atomic E-state index is 0. The minimum Gasteiger partial charge on any atom is -0.311 e. The molecule has 24 heavy (non-hydrogen) atoms. The van der Waals surface area contributed by atoms with Crippen molar-refractivity contribution < 1.29 is 0 Å². The Morgan fingerprint density at radius 1 is 1.17 bits per heavy atom. The number of nitrogens with zero attached hydrogens (tertiary/aromatic N) is 2. The van der Waals surface area contributed by atoms with Crippen molar-refractivity contribution in [1.29, 1.82) is 0 Å². The smallest absolute Gasteiger partial charge is 0.280 e. The number of rotatable bonds is 1. The quantitative estimate of drug-likeness (QED) is 0.692. The van der Waals surface area contributed by atoms with Crippen LogP contribution >= 0.6 is 24.0 Å². The molecular formula is C16H16Cl2N4O2. The highest BCUT2D eigenvalue weighted by Crippen LogP contribution is 2.20. The number of nitrogens with one attached hydrogen (secondary N) is 2. The number of hydrogen-bond acceptors (Lipinski definition) is 3. The summed E-state index contributed by atoms with van der Waals surface area (Å²) >= 11 is 6.20. The summed E-state index contributed by atoms with van der Waals surface area (Å²) in [6.07, 6.45) is 0.863. The topological polar surface area (TPSA) is 71.8 Å². The van der Waals surface area contributed by atoms with Crippen LogP contribution in [-0.2, 0) is 13.1 Å². The molecule has 0 spiro atoms. The normalized spacial score (nSPS) is 14.0. The maximum Gasteiger partial charge on any atom is 0.280 e. The molecule has 1 aliphatic heterocycles. The summed E-state index contributed by atoms with van der Waals surface area (Å²) in [4.78, 5) is 25.2. The van der Waals surface area contributed by atoms with Crippen LogP contribution in [-0.4, -0.2) is 20.9 Å². The molecule has 2 aromatic heterocycles. The molecule has 0 atom stereocenters. The van der Waals surface area contributed by atoms with E-state index in [0.717, 1.165) is 18.7 Å². The SMILES string of the molecule is Cl.O=c1c2c3n(c(=O)cc2[nH]n1-c1ccccc1Cl)CCCNC3. The highest BCUT2D eigenvalue weighted by molar-refractivity contribution is 6.32. The minimum atomic E-state index is -0.194. The molecule has 0 bridgehead atoms. The molecule has 3 aromatic rings. The van der Waals surface area contributed by atoms with Crippen LogP contribution in [0, 0.1) is 0 Å². The van der Waals surface area contributed by atoms with Crippen LogP contribution in [0.1, 0.15) is 12.1 Å². The zero-order chi connectivity index (χ0) is 16.0. The number of hydrogen-bond donors (Lipinski definition) is 2. The van der Waals surface area contributed by atoms with Crippen molar-refractivity contribution in [1.82, 2.24) is 19.7 Å². The monoisotopic (exact) mass is 366 g/mol. The Balaban J connectivity index is 0.00000169. The average molecular weight is 367 g/mol. The third-order valence-electron chi connectivity index (χ3n) is 4.19. The van der Waals surface area contributed by atoms with Crippen molar-refractivity contribution in [3.8, 4) is 5.69 Å². The van der Waals surface area contributed by atoms with E-state index in [-0.39, 0.29) is 23.5 Å².